The van der Waals surface area contributed by atoms with Crippen molar-refractivity contribution in [2.45, 2.75) is 25.9 Å². The maximum atomic E-state index is 5.29. The van der Waals surface area contributed by atoms with E-state index in [0.717, 1.165) is 50.2 Å². The number of methoxy groups -OCH3 is 2. The zero-order chi connectivity index (χ0) is 21.2. The molecule has 0 radical (unpaired) electrons. The Bertz CT molecular complexity index is 805. The third kappa shape index (κ3) is 8.22. The first-order chi connectivity index (χ1) is 14.7. The zero-order valence-electron chi connectivity index (χ0n) is 18.8. The van der Waals surface area contributed by atoms with Gasteiger partial charge in [-0.15, -0.1) is 24.0 Å². The SMILES string of the molecule is CN=C(NCc1cccc(OC)c1)NCC1CCN(Cc2ccc(OC)cc2)CC1.I. The monoisotopic (exact) mass is 538 g/mol. The van der Waals surface area contributed by atoms with E-state index in [-0.39, 0.29) is 24.0 Å². The van der Waals surface area contributed by atoms with Crippen LogP contribution in [0.2, 0.25) is 0 Å². The molecule has 1 aliphatic rings. The van der Waals surface area contributed by atoms with Crippen LogP contribution in [0.25, 0.3) is 0 Å². The largest absolute Gasteiger partial charge is 0.497 e. The molecule has 0 aromatic heterocycles. The fourth-order valence-corrected chi connectivity index (χ4v) is 3.77. The summed E-state index contributed by atoms with van der Waals surface area (Å²) in [6.45, 7) is 4.95. The van der Waals surface area contributed by atoms with Crippen LogP contribution in [0, 0.1) is 5.92 Å². The highest BCUT2D eigenvalue weighted by atomic mass is 127. The van der Waals surface area contributed by atoms with E-state index in [4.69, 9.17) is 9.47 Å². The molecular weight excluding hydrogens is 503 g/mol. The van der Waals surface area contributed by atoms with Gasteiger partial charge in [-0.2, -0.15) is 0 Å². The van der Waals surface area contributed by atoms with E-state index in [1.807, 2.05) is 37.4 Å². The van der Waals surface area contributed by atoms with Crippen LogP contribution in [0.15, 0.2) is 53.5 Å². The normalized spacial score (nSPS) is 15.1. The number of halogens is 1. The Hall–Kier alpha value is -2.00. The number of aliphatic imine (C=N–C) groups is 1. The summed E-state index contributed by atoms with van der Waals surface area (Å²) in [7, 11) is 5.21. The van der Waals surface area contributed by atoms with Crippen LogP contribution in [-0.2, 0) is 13.1 Å². The highest BCUT2D eigenvalue weighted by Gasteiger charge is 2.19. The molecule has 0 unspecified atom stereocenters. The van der Waals surface area contributed by atoms with Gasteiger partial charge in [0.25, 0.3) is 0 Å². The van der Waals surface area contributed by atoms with Crippen molar-refractivity contribution in [1.82, 2.24) is 15.5 Å². The summed E-state index contributed by atoms with van der Waals surface area (Å²) >= 11 is 0. The number of guanidine groups is 1. The number of nitrogens with one attached hydrogen (secondary N) is 2. The van der Waals surface area contributed by atoms with Crippen LogP contribution >= 0.6 is 24.0 Å². The topological polar surface area (TPSA) is 58.1 Å². The molecule has 7 heteroatoms. The van der Waals surface area contributed by atoms with Crippen molar-refractivity contribution in [3.05, 3.63) is 59.7 Å². The molecule has 170 valence electrons. The Labute approximate surface area is 203 Å². The summed E-state index contributed by atoms with van der Waals surface area (Å²) in [5.41, 5.74) is 2.51. The van der Waals surface area contributed by atoms with Crippen molar-refractivity contribution >= 4 is 29.9 Å². The molecule has 2 N–H and O–H groups in total. The van der Waals surface area contributed by atoms with E-state index in [9.17, 15) is 0 Å². The van der Waals surface area contributed by atoms with Crippen molar-refractivity contribution in [2.24, 2.45) is 10.9 Å². The van der Waals surface area contributed by atoms with Crippen molar-refractivity contribution in [1.29, 1.82) is 0 Å². The van der Waals surface area contributed by atoms with E-state index in [1.54, 1.807) is 14.2 Å². The summed E-state index contributed by atoms with van der Waals surface area (Å²) in [6.07, 6.45) is 2.41. The zero-order valence-corrected chi connectivity index (χ0v) is 21.1. The van der Waals surface area contributed by atoms with Gasteiger partial charge in [-0.25, -0.2) is 0 Å². The predicted octanol–water partition coefficient (Wildman–Crippen LogP) is 3.90. The van der Waals surface area contributed by atoms with Crippen molar-refractivity contribution in [3.63, 3.8) is 0 Å². The van der Waals surface area contributed by atoms with Crippen LogP contribution in [0.4, 0.5) is 0 Å². The number of rotatable bonds is 8. The highest BCUT2D eigenvalue weighted by Crippen LogP contribution is 2.19. The molecule has 1 fully saturated rings. The van der Waals surface area contributed by atoms with Gasteiger partial charge < -0.3 is 20.1 Å². The van der Waals surface area contributed by atoms with Gasteiger partial charge >= 0.3 is 0 Å². The minimum atomic E-state index is 0. The van der Waals surface area contributed by atoms with Gasteiger partial charge in [-0.3, -0.25) is 9.89 Å². The van der Waals surface area contributed by atoms with Gasteiger partial charge in [0.05, 0.1) is 14.2 Å². The van der Waals surface area contributed by atoms with E-state index < -0.39 is 0 Å². The maximum Gasteiger partial charge on any atom is 0.191 e. The highest BCUT2D eigenvalue weighted by molar-refractivity contribution is 14.0. The molecule has 0 spiro atoms. The van der Waals surface area contributed by atoms with E-state index in [1.165, 1.54) is 24.0 Å². The number of benzene rings is 2. The Morgan fingerprint density at radius 3 is 2.32 bits per heavy atom. The Morgan fingerprint density at radius 2 is 1.68 bits per heavy atom. The van der Waals surface area contributed by atoms with Crippen molar-refractivity contribution < 1.29 is 9.47 Å². The molecule has 31 heavy (non-hydrogen) atoms. The molecular formula is C24H35IN4O2. The molecule has 6 nitrogen and oxygen atoms in total. The summed E-state index contributed by atoms with van der Waals surface area (Å²) < 4.78 is 10.5. The van der Waals surface area contributed by atoms with Crippen molar-refractivity contribution in [3.8, 4) is 11.5 Å². The van der Waals surface area contributed by atoms with Crippen LogP contribution in [0.5, 0.6) is 11.5 Å². The second-order valence-corrected chi connectivity index (χ2v) is 7.73. The number of ether oxygens (including phenoxy) is 2. The summed E-state index contributed by atoms with van der Waals surface area (Å²) in [5, 5.41) is 6.88. The molecule has 2 aromatic rings. The third-order valence-electron chi connectivity index (χ3n) is 5.65. The molecule has 1 aliphatic heterocycles. The summed E-state index contributed by atoms with van der Waals surface area (Å²) in [6, 6.07) is 16.5. The minimum Gasteiger partial charge on any atom is -0.497 e. The second-order valence-electron chi connectivity index (χ2n) is 7.73. The molecule has 2 aromatic carbocycles. The van der Waals surface area contributed by atoms with Gasteiger partial charge in [0, 0.05) is 26.7 Å². The van der Waals surface area contributed by atoms with E-state index in [0.29, 0.717) is 5.92 Å². The smallest absolute Gasteiger partial charge is 0.191 e. The first-order valence-electron chi connectivity index (χ1n) is 10.6. The van der Waals surface area contributed by atoms with Gasteiger partial charge in [0.1, 0.15) is 11.5 Å². The molecule has 0 bridgehead atoms. The predicted molar refractivity (Wildman–Crippen MR) is 138 cm³/mol. The number of likely N-dealkylation sites (tertiary alicyclic amines) is 1. The Kier molecular flexibility index (Phi) is 10.9. The van der Waals surface area contributed by atoms with Crippen LogP contribution in [-0.4, -0.2) is 51.8 Å². The fraction of sp³-hybridized carbons (Fsp3) is 0.458. The molecule has 1 heterocycles. The third-order valence-corrected chi connectivity index (χ3v) is 5.65. The molecule has 0 saturated carbocycles. The average Bonchev–Trinajstić information content (AvgIpc) is 2.81. The lowest BCUT2D eigenvalue weighted by Gasteiger charge is -2.32. The van der Waals surface area contributed by atoms with Crippen LogP contribution in [0.1, 0.15) is 24.0 Å². The van der Waals surface area contributed by atoms with Gasteiger partial charge in [-0.1, -0.05) is 24.3 Å². The second kappa shape index (κ2) is 13.4. The Balaban J connectivity index is 0.00000341. The van der Waals surface area contributed by atoms with Crippen LogP contribution < -0.4 is 20.1 Å². The lowest BCUT2D eigenvalue weighted by molar-refractivity contribution is 0.178. The molecule has 0 atom stereocenters. The lowest BCUT2D eigenvalue weighted by atomic mass is 9.96. The van der Waals surface area contributed by atoms with Crippen molar-refractivity contribution in [2.75, 3.05) is 40.9 Å². The fourth-order valence-electron chi connectivity index (χ4n) is 3.77. The molecule has 3 rings (SSSR count). The lowest BCUT2D eigenvalue weighted by Crippen LogP contribution is -2.42. The first-order valence-corrected chi connectivity index (χ1v) is 10.6. The van der Waals surface area contributed by atoms with Crippen LogP contribution in [0.3, 0.4) is 0 Å². The number of nitrogens with zero attached hydrogens (tertiary/aromatic N) is 2. The van der Waals surface area contributed by atoms with E-state index >= 15 is 0 Å². The molecule has 0 aliphatic carbocycles. The first kappa shape index (κ1) is 25.3. The average molecular weight is 538 g/mol. The molecule has 1 saturated heterocycles. The quantitative estimate of drug-likeness (QED) is 0.304. The minimum absolute atomic E-state index is 0. The number of hydrogen-bond donors (Lipinski definition) is 2. The van der Waals surface area contributed by atoms with Gasteiger partial charge in [-0.05, 0) is 67.2 Å². The standard InChI is InChI=1S/C24H34N4O2.HI/c1-25-24(27-17-21-5-4-6-23(15-21)30-3)26-16-19-11-13-28(14-12-19)18-20-7-9-22(29-2)10-8-20;/h4-10,15,19H,11-14,16-18H2,1-3H3,(H2,25,26,27);1H. The van der Waals surface area contributed by atoms with Gasteiger partial charge in [0.2, 0.25) is 0 Å². The summed E-state index contributed by atoms with van der Waals surface area (Å²) in [5.74, 6) is 3.31. The van der Waals surface area contributed by atoms with Gasteiger partial charge in [0.15, 0.2) is 5.96 Å². The summed E-state index contributed by atoms with van der Waals surface area (Å²) in [4.78, 5) is 6.89. The Morgan fingerprint density at radius 1 is 0.968 bits per heavy atom. The maximum absolute atomic E-state index is 5.29. The number of hydrogen-bond acceptors (Lipinski definition) is 4. The number of piperidine rings is 1. The molecule has 0 amide bonds. The van der Waals surface area contributed by atoms with E-state index in [2.05, 4.69) is 38.7 Å².